The van der Waals surface area contributed by atoms with Crippen LogP contribution in [0.25, 0.3) is 0 Å². The van der Waals surface area contributed by atoms with Gasteiger partial charge in [-0.15, -0.1) is 0 Å². The predicted octanol–water partition coefficient (Wildman–Crippen LogP) is 4.10. The van der Waals surface area contributed by atoms with Crippen LogP contribution in [0.15, 0.2) is 30.3 Å². The third kappa shape index (κ3) is 3.57. The SMILES string of the molecule is CCCC[C@H](c1ccccc1)[C@@H]1CCCCN1. The van der Waals surface area contributed by atoms with Gasteiger partial charge in [-0.2, -0.15) is 0 Å². The molecular formula is C16H25N. The first kappa shape index (κ1) is 12.6. The van der Waals surface area contributed by atoms with Crippen molar-refractivity contribution in [3.63, 3.8) is 0 Å². The van der Waals surface area contributed by atoms with Crippen molar-refractivity contribution in [2.45, 2.75) is 57.4 Å². The Bertz CT molecular complexity index is 301. The van der Waals surface area contributed by atoms with Gasteiger partial charge in [0.15, 0.2) is 0 Å². The van der Waals surface area contributed by atoms with E-state index in [4.69, 9.17) is 0 Å². The number of unbranched alkanes of at least 4 members (excludes halogenated alkanes) is 1. The lowest BCUT2D eigenvalue weighted by Crippen LogP contribution is -2.38. The summed E-state index contributed by atoms with van der Waals surface area (Å²) in [6.45, 7) is 3.50. The first-order valence-electron chi connectivity index (χ1n) is 7.20. The van der Waals surface area contributed by atoms with E-state index in [2.05, 4.69) is 42.6 Å². The Kier molecular flexibility index (Phi) is 5.06. The molecule has 0 spiro atoms. The second kappa shape index (κ2) is 6.80. The van der Waals surface area contributed by atoms with Crippen molar-refractivity contribution in [1.82, 2.24) is 5.32 Å². The Hall–Kier alpha value is -0.820. The Labute approximate surface area is 106 Å². The van der Waals surface area contributed by atoms with Crippen LogP contribution in [0, 0.1) is 0 Å². The Morgan fingerprint density at radius 3 is 2.71 bits per heavy atom. The normalized spacial score (nSPS) is 22.3. The molecule has 1 aromatic carbocycles. The molecule has 2 atom stereocenters. The minimum atomic E-state index is 0.706. The zero-order valence-corrected chi connectivity index (χ0v) is 11.0. The Morgan fingerprint density at radius 2 is 2.06 bits per heavy atom. The molecule has 1 heteroatoms. The van der Waals surface area contributed by atoms with Crippen LogP contribution >= 0.6 is 0 Å². The van der Waals surface area contributed by atoms with Gasteiger partial charge in [0, 0.05) is 6.04 Å². The van der Waals surface area contributed by atoms with E-state index in [-0.39, 0.29) is 0 Å². The number of piperidine rings is 1. The van der Waals surface area contributed by atoms with Gasteiger partial charge < -0.3 is 5.32 Å². The molecule has 0 bridgehead atoms. The molecule has 0 saturated carbocycles. The number of hydrogen-bond acceptors (Lipinski definition) is 1. The maximum Gasteiger partial charge on any atom is 0.0136 e. The maximum absolute atomic E-state index is 3.73. The summed E-state index contributed by atoms with van der Waals surface area (Å²) in [6.07, 6.45) is 8.08. The van der Waals surface area contributed by atoms with Crippen LogP contribution in [0.4, 0.5) is 0 Å². The van der Waals surface area contributed by atoms with Crippen molar-refractivity contribution >= 4 is 0 Å². The summed E-state index contributed by atoms with van der Waals surface area (Å²) in [7, 11) is 0. The topological polar surface area (TPSA) is 12.0 Å². The summed E-state index contributed by atoms with van der Waals surface area (Å²) in [4.78, 5) is 0. The van der Waals surface area contributed by atoms with Crippen molar-refractivity contribution in [3.8, 4) is 0 Å². The molecule has 1 aliphatic heterocycles. The molecule has 0 amide bonds. The second-order valence-electron chi connectivity index (χ2n) is 5.22. The molecule has 1 heterocycles. The van der Waals surface area contributed by atoms with Crippen molar-refractivity contribution in [1.29, 1.82) is 0 Å². The molecule has 0 aliphatic carbocycles. The average molecular weight is 231 g/mol. The molecule has 0 radical (unpaired) electrons. The van der Waals surface area contributed by atoms with Crippen LogP contribution in [0.2, 0.25) is 0 Å². The fourth-order valence-electron chi connectivity index (χ4n) is 2.95. The summed E-state index contributed by atoms with van der Waals surface area (Å²) in [6, 6.07) is 11.8. The van der Waals surface area contributed by atoms with Gasteiger partial charge in [-0.3, -0.25) is 0 Å². The minimum absolute atomic E-state index is 0.706. The summed E-state index contributed by atoms with van der Waals surface area (Å²) in [5.74, 6) is 0.719. The molecule has 2 rings (SSSR count). The molecule has 0 unspecified atom stereocenters. The van der Waals surface area contributed by atoms with Crippen molar-refractivity contribution < 1.29 is 0 Å². The highest BCUT2D eigenvalue weighted by molar-refractivity contribution is 5.21. The molecule has 1 fully saturated rings. The number of rotatable bonds is 5. The molecule has 1 aliphatic rings. The van der Waals surface area contributed by atoms with Gasteiger partial charge in [0.2, 0.25) is 0 Å². The van der Waals surface area contributed by atoms with Crippen molar-refractivity contribution in [3.05, 3.63) is 35.9 Å². The molecule has 1 N–H and O–H groups in total. The van der Waals surface area contributed by atoms with Gasteiger partial charge in [0.05, 0.1) is 0 Å². The van der Waals surface area contributed by atoms with E-state index in [1.807, 2.05) is 0 Å². The fraction of sp³-hybridized carbons (Fsp3) is 0.625. The zero-order chi connectivity index (χ0) is 11.9. The van der Waals surface area contributed by atoms with Crippen LogP contribution in [-0.4, -0.2) is 12.6 Å². The van der Waals surface area contributed by atoms with E-state index in [0.29, 0.717) is 6.04 Å². The summed E-state index contributed by atoms with van der Waals surface area (Å²) < 4.78 is 0. The van der Waals surface area contributed by atoms with Crippen LogP contribution in [0.1, 0.15) is 56.9 Å². The van der Waals surface area contributed by atoms with Gasteiger partial charge in [0.1, 0.15) is 0 Å². The van der Waals surface area contributed by atoms with E-state index < -0.39 is 0 Å². The number of nitrogens with one attached hydrogen (secondary N) is 1. The van der Waals surface area contributed by atoms with E-state index >= 15 is 0 Å². The fourth-order valence-corrected chi connectivity index (χ4v) is 2.95. The van der Waals surface area contributed by atoms with E-state index in [9.17, 15) is 0 Å². The summed E-state index contributed by atoms with van der Waals surface area (Å²) >= 11 is 0. The average Bonchev–Trinajstić information content (AvgIpc) is 2.42. The first-order valence-corrected chi connectivity index (χ1v) is 7.20. The molecule has 0 aromatic heterocycles. The van der Waals surface area contributed by atoms with Crippen LogP contribution in [-0.2, 0) is 0 Å². The van der Waals surface area contributed by atoms with Gasteiger partial charge >= 0.3 is 0 Å². The monoisotopic (exact) mass is 231 g/mol. The van der Waals surface area contributed by atoms with Crippen LogP contribution in [0.3, 0.4) is 0 Å². The van der Waals surface area contributed by atoms with Gasteiger partial charge in [0.25, 0.3) is 0 Å². The van der Waals surface area contributed by atoms with E-state index in [1.165, 1.54) is 50.6 Å². The third-order valence-corrected chi connectivity index (χ3v) is 3.93. The van der Waals surface area contributed by atoms with Crippen molar-refractivity contribution in [2.24, 2.45) is 0 Å². The standard InChI is InChI=1S/C16H25N/c1-2-3-11-15(14-9-5-4-6-10-14)16-12-7-8-13-17-16/h4-6,9-10,15-17H,2-3,7-8,11-13H2,1H3/t15-,16+/m1/s1. The number of hydrogen-bond donors (Lipinski definition) is 1. The Balaban J connectivity index is 2.06. The lowest BCUT2D eigenvalue weighted by atomic mass is 9.83. The van der Waals surface area contributed by atoms with E-state index in [1.54, 1.807) is 0 Å². The molecule has 17 heavy (non-hydrogen) atoms. The highest BCUT2D eigenvalue weighted by Crippen LogP contribution is 2.29. The largest absolute Gasteiger partial charge is 0.313 e. The predicted molar refractivity (Wildman–Crippen MR) is 74.3 cm³/mol. The molecule has 94 valence electrons. The second-order valence-corrected chi connectivity index (χ2v) is 5.22. The molecule has 1 aromatic rings. The van der Waals surface area contributed by atoms with Crippen LogP contribution < -0.4 is 5.32 Å². The lowest BCUT2D eigenvalue weighted by molar-refractivity contribution is 0.334. The van der Waals surface area contributed by atoms with E-state index in [0.717, 1.165) is 5.92 Å². The lowest BCUT2D eigenvalue weighted by Gasteiger charge is -2.32. The van der Waals surface area contributed by atoms with Gasteiger partial charge in [-0.05, 0) is 37.3 Å². The molecular weight excluding hydrogens is 206 g/mol. The smallest absolute Gasteiger partial charge is 0.0136 e. The van der Waals surface area contributed by atoms with Gasteiger partial charge in [-0.25, -0.2) is 0 Å². The Morgan fingerprint density at radius 1 is 1.24 bits per heavy atom. The van der Waals surface area contributed by atoms with Gasteiger partial charge in [-0.1, -0.05) is 56.5 Å². The number of benzene rings is 1. The summed E-state index contributed by atoms with van der Waals surface area (Å²) in [5.41, 5.74) is 1.53. The quantitative estimate of drug-likeness (QED) is 0.804. The molecule has 1 saturated heterocycles. The maximum atomic E-state index is 3.73. The highest BCUT2D eigenvalue weighted by atomic mass is 14.9. The van der Waals surface area contributed by atoms with Crippen LogP contribution in [0.5, 0.6) is 0 Å². The first-order chi connectivity index (χ1) is 8.42. The highest BCUT2D eigenvalue weighted by Gasteiger charge is 2.23. The zero-order valence-electron chi connectivity index (χ0n) is 11.0. The third-order valence-electron chi connectivity index (χ3n) is 3.93. The minimum Gasteiger partial charge on any atom is -0.313 e. The summed E-state index contributed by atoms with van der Waals surface area (Å²) in [5, 5.41) is 3.73. The van der Waals surface area contributed by atoms with Crippen molar-refractivity contribution in [2.75, 3.05) is 6.54 Å². The molecule has 1 nitrogen and oxygen atoms in total.